The van der Waals surface area contributed by atoms with Gasteiger partial charge in [-0.25, -0.2) is 4.84 Å². The number of benzene rings is 1. The minimum absolute atomic E-state index is 0. The Labute approximate surface area is 155 Å². The molecular weight excluding hydrogens is 322 g/mol. The molecule has 0 N–H and O–H groups in total. The average molecular weight is 358 g/mol. The van der Waals surface area contributed by atoms with Crippen LogP contribution in [0.25, 0.3) is 0 Å². The Morgan fingerprint density at radius 1 is 0.958 bits per heavy atom. The average Bonchev–Trinajstić information content (AvgIpc) is 2.46. The van der Waals surface area contributed by atoms with Gasteiger partial charge in [-0.1, -0.05) is 45.9 Å². The van der Waals surface area contributed by atoms with E-state index < -0.39 is 0 Å². The van der Waals surface area contributed by atoms with E-state index >= 15 is 0 Å². The first kappa shape index (κ1) is 23.2. The molecule has 140 valence electrons. The summed E-state index contributed by atoms with van der Waals surface area (Å²) in [5, 5.41) is 0. The van der Waals surface area contributed by atoms with Crippen molar-refractivity contribution in [2.45, 2.75) is 60.1 Å². The van der Waals surface area contributed by atoms with Gasteiger partial charge in [0, 0.05) is 12.8 Å². The zero-order valence-corrected chi connectivity index (χ0v) is 17.3. The SMILES string of the molecule is CCO[N+](C)(CC)C(CC(C)C)(CC(C)C)Oc1ccccc1.[Cl-]. The van der Waals surface area contributed by atoms with Gasteiger partial charge in [0.2, 0.25) is 0 Å². The molecule has 1 rings (SSSR count). The number of rotatable bonds is 10. The maximum atomic E-state index is 6.68. The van der Waals surface area contributed by atoms with E-state index in [0.29, 0.717) is 23.1 Å². The van der Waals surface area contributed by atoms with E-state index in [-0.39, 0.29) is 18.1 Å². The van der Waals surface area contributed by atoms with Crippen LogP contribution in [-0.4, -0.2) is 30.6 Å². The number of nitrogens with zero attached hydrogens (tertiary/aromatic N) is 1. The Morgan fingerprint density at radius 2 is 1.46 bits per heavy atom. The molecule has 3 nitrogen and oxygen atoms in total. The van der Waals surface area contributed by atoms with E-state index in [4.69, 9.17) is 9.57 Å². The Bertz CT molecular complexity index is 440. The third kappa shape index (κ3) is 5.94. The largest absolute Gasteiger partial charge is 1.00 e. The summed E-state index contributed by atoms with van der Waals surface area (Å²) in [6.07, 6.45) is 1.93. The van der Waals surface area contributed by atoms with Gasteiger partial charge in [0.05, 0.1) is 0 Å². The first-order valence-electron chi connectivity index (χ1n) is 9.02. The quantitative estimate of drug-likeness (QED) is 0.363. The lowest BCUT2D eigenvalue weighted by molar-refractivity contribution is -1.14. The van der Waals surface area contributed by atoms with Gasteiger partial charge in [0.25, 0.3) is 5.72 Å². The molecular formula is C20H36ClNO2. The van der Waals surface area contributed by atoms with Crippen LogP contribution in [-0.2, 0) is 4.84 Å². The van der Waals surface area contributed by atoms with Crippen molar-refractivity contribution < 1.29 is 26.6 Å². The van der Waals surface area contributed by atoms with Crippen molar-refractivity contribution in [2.75, 3.05) is 20.2 Å². The van der Waals surface area contributed by atoms with Crippen LogP contribution in [0.4, 0.5) is 0 Å². The van der Waals surface area contributed by atoms with Crippen LogP contribution in [0.3, 0.4) is 0 Å². The molecule has 4 heteroatoms. The fourth-order valence-electron chi connectivity index (χ4n) is 3.42. The van der Waals surface area contributed by atoms with E-state index in [2.05, 4.69) is 48.6 Å². The summed E-state index contributed by atoms with van der Waals surface area (Å²) in [4.78, 5) is 6.23. The topological polar surface area (TPSA) is 18.5 Å². The molecule has 0 spiro atoms. The molecule has 1 aromatic carbocycles. The summed E-state index contributed by atoms with van der Waals surface area (Å²) >= 11 is 0. The number of ether oxygens (including phenoxy) is 1. The predicted octanol–water partition coefficient (Wildman–Crippen LogP) is 2.28. The summed E-state index contributed by atoms with van der Waals surface area (Å²) in [6, 6.07) is 10.2. The fraction of sp³-hybridized carbons (Fsp3) is 0.700. The highest BCUT2D eigenvalue weighted by Crippen LogP contribution is 2.38. The van der Waals surface area contributed by atoms with E-state index in [1.54, 1.807) is 0 Å². The van der Waals surface area contributed by atoms with Crippen molar-refractivity contribution in [3.8, 4) is 5.75 Å². The van der Waals surface area contributed by atoms with Crippen LogP contribution in [0.1, 0.15) is 54.4 Å². The van der Waals surface area contributed by atoms with Crippen LogP contribution in [0.15, 0.2) is 30.3 Å². The third-order valence-electron chi connectivity index (χ3n) is 4.38. The van der Waals surface area contributed by atoms with Gasteiger partial charge in [-0.2, -0.15) is 0 Å². The van der Waals surface area contributed by atoms with Crippen molar-refractivity contribution in [1.82, 2.24) is 0 Å². The highest BCUT2D eigenvalue weighted by atomic mass is 35.5. The Hall–Kier alpha value is -0.770. The molecule has 1 atom stereocenters. The molecule has 1 aromatic rings. The van der Waals surface area contributed by atoms with Crippen molar-refractivity contribution >= 4 is 0 Å². The smallest absolute Gasteiger partial charge is 0.272 e. The van der Waals surface area contributed by atoms with Crippen molar-refractivity contribution in [1.29, 1.82) is 0 Å². The molecule has 0 bridgehead atoms. The predicted molar refractivity (Wildman–Crippen MR) is 97.1 cm³/mol. The molecule has 0 amide bonds. The minimum Gasteiger partial charge on any atom is -1.00 e. The summed E-state index contributed by atoms with van der Waals surface area (Å²) in [7, 11) is 2.16. The number of hydrogen-bond donors (Lipinski definition) is 0. The number of hydrogen-bond acceptors (Lipinski definition) is 2. The second-order valence-electron chi connectivity index (χ2n) is 7.39. The van der Waals surface area contributed by atoms with Crippen LogP contribution < -0.4 is 17.1 Å². The van der Waals surface area contributed by atoms with Crippen LogP contribution in [0.5, 0.6) is 5.75 Å². The zero-order chi connectivity index (χ0) is 17.5. The maximum Gasteiger partial charge on any atom is 0.272 e. The van der Waals surface area contributed by atoms with E-state index in [0.717, 1.165) is 25.1 Å². The number of hydroxylamine groups is 3. The van der Waals surface area contributed by atoms with Crippen molar-refractivity contribution in [3.05, 3.63) is 30.3 Å². The van der Waals surface area contributed by atoms with Gasteiger partial charge in [-0.3, -0.25) is 0 Å². The lowest BCUT2D eigenvalue weighted by Crippen LogP contribution is -3.00. The molecule has 1 unspecified atom stereocenters. The summed E-state index contributed by atoms with van der Waals surface area (Å²) in [6.45, 7) is 14.8. The summed E-state index contributed by atoms with van der Waals surface area (Å²) in [5.41, 5.74) is -0.381. The first-order valence-corrected chi connectivity index (χ1v) is 9.02. The highest BCUT2D eigenvalue weighted by molar-refractivity contribution is 5.21. The van der Waals surface area contributed by atoms with E-state index in [1.165, 1.54) is 0 Å². The molecule has 0 saturated heterocycles. The monoisotopic (exact) mass is 357 g/mol. The normalized spacial score (nSPS) is 14.4. The summed E-state index contributed by atoms with van der Waals surface area (Å²) in [5.74, 6) is 1.98. The lowest BCUT2D eigenvalue weighted by atomic mass is 9.89. The molecule has 0 heterocycles. The molecule has 0 saturated carbocycles. The van der Waals surface area contributed by atoms with Crippen molar-refractivity contribution in [2.24, 2.45) is 11.8 Å². The first-order chi connectivity index (χ1) is 10.8. The lowest BCUT2D eigenvalue weighted by Gasteiger charge is -2.48. The molecule has 24 heavy (non-hydrogen) atoms. The number of halogens is 1. The van der Waals surface area contributed by atoms with Gasteiger partial charge in [-0.15, -0.1) is 4.65 Å². The fourth-order valence-corrected chi connectivity index (χ4v) is 3.42. The Kier molecular flexibility index (Phi) is 9.94. The Morgan fingerprint density at radius 3 is 1.83 bits per heavy atom. The molecule has 0 radical (unpaired) electrons. The maximum absolute atomic E-state index is 6.68. The Balaban J connectivity index is 0.00000529. The number of para-hydroxylation sites is 1. The highest BCUT2D eigenvalue weighted by Gasteiger charge is 2.52. The number of quaternary nitrogens is 1. The molecule has 0 aliphatic rings. The van der Waals surface area contributed by atoms with Crippen LogP contribution in [0, 0.1) is 11.8 Å². The van der Waals surface area contributed by atoms with Crippen molar-refractivity contribution in [3.63, 3.8) is 0 Å². The van der Waals surface area contributed by atoms with Gasteiger partial charge < -0.3 is 17.1 Å². The second-order valence-corrected chi connectivity index (χ2v) is 7.39. The van der Waals surface area contributed by atoms with E-state index in [9.17, 15) is 0 Å². The summed E-state index contributed by atoms with van der Waals surface area (Å²) < 4.78 is 7.16. The van der Waals surface area contributed by atoms with Gasteiger partial charge >= 0.3 is 0 Å². The molecule has 0 aliphatic heterocycles. The molecule has 0 aliphatic carbocycles. The van der Waals surface area contributed by atoms with Gasteiger partial charge in [-0.05, 0) is 37.8 Å². The van der Waals surface area contributed by atoms with Gasteiger partial charge in [0.15, 0.2) is 0 Å². The molecule has 0 fully saturated rings. The van der Waals surface area contributed by atoms with Gasteiger partial charge in [0.1, 0.15) is 25.9 Å². The molecule has 0 aromatic heterocycles. The van der Waals surface area contributed by atoms with E-state index in [1.807, 2.05) is 30.3 Å². The minimum atomic E-state index is -0.381. The third-order valence-corrected chi connectivity index (χ3v) is 4.38. The van der Waals surface area contributed by atoms with Crippen LogP contribution in [0.2, 0.25) is 0 Å². The standard InChI is InChI=1S/C20H36NO2.ClH/c1-8-21(7,22-9-2)20(15-17(3)4,16-18(5)6)23-19-13-11-10-12-14-19;/h10-14,17-18H,8-9,15-16H2,1-7H3;1H/q+1;/p-1. The van der Waals surface area contributed by atoms with Crippen LogP contribution >= 0.6 is 0 Å². The second kappa shape index (κ2) is 10.3. The zero-order valence-electron chi connectivity index (χ0n) is 16.5.